The van der Waals surface area contributed by atoms with E-state index in [9.17, 15) is 9.59 Å². The van der Waals surface area contributed by atoms with Gasteiger partial charge in [-0.25, -0.2) is 0 Å². The fraction of sp³-hybridized carbons (Fsp3) is 0.107. The fourth-order valence-electron chi connectivity index (χ4n) is 4.07. The molecule has 0 radical (unpaired) electrons. The summed E-state index contributed by atoms with van der Waals surface area (Å²) in [5.74, 6) is -0.0388. The van der Waals surface area contributed by atoms with E-state index in [4.69, 9.17) is 0 Å². The van der Waals surface area contributed by atoms with Crippen molar-refractivity contribution >= 4 is 34.2 Å². The van der Waals surface area contributed by atoms with E-state index in [1.54, 1.807) is 18.5 Å². The van der Waals surface area contributed by atoms with E-state index in [2.05, 4.69) is 10.3 Å². The average Bonchev–Trinajstić information content (AvgIpc) is 3.65. The van der Waals surface area contributed by atoms with E-state index in [0.29, 0.717) is 5.56 Å². The van der Waals surface area contributed by atoms with Gasteiger partial charge in [0.2, 0.25) is 5.91 Å². The molecule has 0 unspecified atom stereocenters. The third-order valence-electron chi connectivity index (χ3n) is 6.02. The van der Waals surface area contributed by atoms with Crippen LogP contribution in [0.15, 0.2) is 97.3 Å². The Morgan fingerprint density at radius 2 is 1.66 bits per heavy atom. The van der Waals surface area contributed by atoms with Gasteiger partial charge in [-0.3, -0.25) is 14.6 Å². The summed E-state index contributed by atoms with van der Waals surface area (Å²) in [4.78, 5) is 29.5. The molecule has 4 heteroatoms. The van der Waals surface area contributed by atoms with E-state index in [-0.39, 0.29) is 17.1 Å². The van der Waals surface area contributed by atoms with Gasteiger partial charge in [0, 0.05) is 35.1 Å². The van der Waals surface area contributed by atoms with Gasteiger partial charge in [0.15, 0.2) is 5.78 Å². The number of hydrogen-bond acceptors (Lipinski definition) is 3. The fourth-order valence-corrected chi connectivity index (χ4v) is 4.07. The molecule has 1 aliphatic rings. The molecule has 5 rings (SSSR count). The van der Waals surface area contributed by atoms with Crippen LogP contribution in [-0.2, 0) is 10.2 Å². The summed E-state index contributed by atoms with van der Waals surface area (Å²) in [6, 6.07) is 25.1. The van der Waals surface area contributed by atoms with Gasteiger partial charge in [0.1, 0.15) is 0 Å². The number of nitrogens with zero attached hydrogens (tertiary/aromatic N) is 1. The standard InChI is InChI=1S/C28H22N2O2/c31-26(30-25-12-11-23-19-29-17-14-22(23)18-25)13-8-20-6-9-21(10-7-20)27(32)28(15-16-28)24-4-2-1-3-5-24/h1-14,17-19H,15-16H2,(H,30,31)/b13-8+. The first-order valence-corrected chi connectivity index (χ1v) is 10.7. The summed E-state index contributed by atoms with van der Waals surface area (Å²) >= 11 is 0. The molecule has 156 valence electrons. The lowest BCUT2D eigenvalue weighted by atomic mass is 9.87. The Kier molecular flexibility index (Phi) is 5.12. The van der Waals surface area contributed by atoms with Crippen LogP contribution in [0.5, 0.6) is 0 Å². The van der Waals surface area contributed by atoms with Crippen LogP contribution in [0.1, 0.15) is 34.3 Å². The molecule has 1 amide bonds. The monoisotopic (exact) mass is 418 g/mol. The molecule has 1 aliphatic carbocycles. The number of benzene rings is 3. The van der Waals surface area contributed by atoms with E-state index in [0.717, 1.165) is 40.4 Å². The van der Waals surface area contributed by atoms with Crippen LogP contribution in [0.4, 0.5) is 5.69 Å². The maximum absolute atomic E-state index is 13.1. The topological polar surface area (TPSA) is 59.1 Å². The van der Waals surface area contributed by atoms with Gasteiger partial charge in [0.05, 0.1) is 5.41 Å². The molecule has 4 aromatic rings. The zero-order chi connectivity index (χ0) is 22.0. The highest BCUT2D eigenvalue weighted by molar-refractivity contribution is 6.06. The lowest BCUT2D eigenvalue weighted by Gasteiger charge is -2.14. The Balaban J connectivity index is 1.25. The summed E-state index contributed by atoms with van der Waals surface area (Å²) in [6.45, 7) is 0. The van der Waals surface area contributed by atoms with E-state index >= 15 is 0 Å². The molecule has 0 saturated heterocycles. The first kappa shape index (κ1) is 19.9. The first-order chi connectivity index (χ1) is 15.6. The number of anilines is 1. The predicted octanol–water partition coefficient (Wildman–Crippen LogP) is 5.80. The Labute approximate surface area is 186 Å². The first-order valence-electron chi connectivity index (χ1n) is 10.7. The second-order valence-electron chi connectivity index (χ2n) is 8.16. The van der Waals surface area contributed by atoms with Crippen molar-refractivity contribution in [1.82, 2.24) is 4.98 Å². The number of carbonyl (C=O) groups excluding carboxylic acids is 2. The molecule has 1 aromatic heterocycles. The Hall–Kier alpha value is -4.05. The number of rotatable bonds is 6. The molecule has 0 spiro atoms. The number of hydrogen-bond donors (Lipinski definition) is 1. The van der Waals surface area contributed by atoms with Crippen molar-refractivity contribution in [1.29, 1.82) is 0 Å². The van der Waals surface area contributed by atoms with Crippen molar-refractivity contribution in [2.75, 3.05) is 5.32 Å². The zero-order valence-corrected chi connectivity index (χ0v) is 17.5. The van der Waals surface area contributed by atoms with E-state index in [1.165, 1.54) is 6.08 Å². The molecule has 3 aromatic carbocycles. The summed E-state index contributed by atoms with van der Waals surface area (Å²) < 4.78 is 0. The lowest BCUT2D eigenvalue weighted by molar-refractivity contribution is -0.111. The number of pyridine rings is 1. The minimum atomic E-state index is -0.367. The average molecular weight is 418 g/mol. The van der Waals surface area contributed by atoms with Gasteiger partial charge < -0.3 is 5.32 Å². The van der Waals surface area contributed by atoms with Gasteiger partial charge >= 0.3 is 0 Å². The summed E-state index contributed by atoms with van der Waals surface area (Å²) in [6.07, 6.45) is 8.55. The van der Waals surface area contributed by atoms with E-state index in [1.807, 2.05) is 78.9 Å². The summed E-state index contributed by atoms with van der Waals surface area (Å²) in [5.41, 5.74) is 3.03. The van der Waals surface area contributed by atoms with Crippen molar-refractivity contribution in [2.45, 2.75) is 18.3 Å². The molecular formula is C28H22N2O2. The van der Waals surface area contributed by atoms with Crippen molar-refractivity contribution < 1.29 is 9.59 Å². The molecule has 4 nitrogen and oxygen atoms in total. The molecule has 1 heterocycles. The predicted molar refractivity (Wildman–Crippen MR) is 128 cm³/mol. The lowest BCUT2D eigenvalue weighted by Crippen LogP contribution is -2.20. The van der Waals surface area contributed by atoms with Crippen LogP contribution in [0.2, 0.25) is 0 Å². The quantitative estimate of drug-likeness (QED) is 0.318. The Morgan fingerprint density at radius 3 is 2.41 bits per heavy atom. The molecule has 1 saturated carbocycles. The van der Waals surface area contributed by atoms with Crippen molar-refractivity contribution in [2.24, 2.45) is 0 Å². The number of carbonyl (C=O) groups is 2. The summed E-state index contributed by atoms with van der Waals surface area (Å²) in [5, 5.41) is 4.92. The van der Waals surface area contributed by atoms with Crippen molar-refractivity contribution in [3.8, 4) is 0 Å². The maximum atomic E-state index is 13.1. The van der Waals surface area contributed by atoms with Crippen molar-refractivity contribution in [3.63, 3.8) is 0 Å². The highest BCUT2D eigenvalue weighted by atomic mass is 16.1. The van der Waals surface area contributed by atoms with Gasteiger partial charge in [-0.1, -0.05) is 60.7 Å². The minimum absolute atomic E-state index is 0.170. The summed E-state index contributed by atoms with van der Waals surface area (Å²) in [7, 11) is 0. The van der Waals surface area contributed by atoms with Crippen LogP contribution < -0.4 is 5.32 Å². The SMILES string of the molecule is O=C(/C=C/c1ccc(C(=O)C2(c3ccccc3)CC2)cc1)Nc1ccc2cnccc2c1. The minimum Gasteiger partial charge on any atom is -0.322 e. The van der Waals surface area contributed by atoms with E-state index < -0.39 is 0 Å². The molecule has 32 heavy (non-hydrogen) atoms. The zero-order valence-electron chi connectivity index (χ0n) is 17.5. The molecule has 0 bridgehead atoms. The Bertz CT molecular complexity index is 1320. The maximum Gasteiger partial charge on any atom is 0.248 e. The van der Waals surface area contributed by atoms with Crippen LogP contribution >= 0.6 is 0 Å². The number of aromatic nitrogens is 1. The van der Waals surface area contributed by atoms with Gasteiger partial charge in [0.25, 0.3) is 0 Å². The largest absolute Gasteiger partial charge is 0.322 e. The number of nitrogens with one attached hydrogen (secondary N) is 1. The van der Waals surface area contributed by atoms with Crippen LogP contribution in [-0.4, -0.2) is 16.7 Å². The van der Waals surface area contributed by atoms with Crippen molar-refractivity contribution in [3.05, 3.63) is 114 Å². The molecule has 1 fully saturated rings. The third kappa shape index (κ3) is 3.95. The highest BCUT2D eigenvalue weighted by Gasteiger charge is 2.50. The second kappa shape index (κ2) is 8.23. The number of amides is 1. The number of Topliss-reactive ketones (excluding diaryl/α,β-unsaturated/α-hetero) is 1. The second-order valence-corrected chi connectivity index (χ2v) is 8.16. The van der Waals surface area contributed by atoms with Crippen LogP contribution in [0, 0.1) is 0 Å². The molecular weight excluding hydrogens is 396 g/mol. The van der Waals surface area contributed by atoms with Gasteiger partial charge in [-0.2, -0.15) is 0 Å². The number of ketones is 1. The van der Waals surface area contributed by atoms with Gasteiger partial charge in [-0.05, 0) is 53.6 Å². The molecule has 0 atom stereocenters. The Morgan fingerprint density at radius 1 is 0.875 bits per heavy atom. The van der Waals surface area contributed by atoms with Gasteiger partial charge in [-0.15, -0.1) is 0 Å². The molecule has 0 aliphatic heterocycles. The molecule has 1 N–H and O–H groups in total. The van der Waals surface area contributed by atoms with Crippen LogP contribution in [0.25, 0.3) is 16.8 Å². The normalized spacial score (nSPS) is 14.4. The third-order valence-corrected chi connectivity index (χ3v) is 6.02. The van der Waals surface area contributed by atoms with Crippen LogP contribution in [0.3, 0.4) is 0 Å². The highest BCUT2D eigenvalue weighted by Crippen LogP contribution is 2.50. The number of fused-ring (bicyclic) bond motifs is 1. The smallest absolute Gasteiger partial charge is 0.248 e.